The summed E-state index contributed by atoms with van der Waals surface area (Å²) in [5, 5.41) is 0. The van der Waals surface area contributed by atoms with Gasteiger partial charge in [-0.15, -0.1) is 0 Å². The Bertz CT molecular complexity index is 338. The smallest absolute Gasteiger partial charge is 0.241 e. The van der Waals surface area contributed by atoms with Gasteiger partial charge in [0.2, 0.25) is 5.91 Å². The molecule has 0 radical (unpaired) electrons. The molecule has 4 nitrogen and oxygen atoms in total. The largest absolute Gasteiger partial charge is 0.322 e. The first-order valence-corrected chi connectivity index (χ1v) is 4.73. The van der Waals surface area contributed by atoms with Crippen molar-refractivity contribution in [1.29, 1.82) is 0 Å². The molecule has 4 heteroatoms. The van der Waals surface area contributed by atoms with E-state index in [1.165, 1.54) is 4.90 Å². The molecule has 0 heterocycles. The Kier molecular flexibility index (Phi) is 4.00. The predicted octanol–water partition coefficient (Wildman–Crippen LogP) is 0.566. The molecular formula is C11H14N2O2. The number of hydrogen-bond acceptors (Lipinski definition) is 3. The molecule has 0 unspecified atom stereocenters. The maximum Gasteiger partial charge on any atom is 0.241 e. The van der Waals surface area contributed by atoms with Gasteiger partial charge < -0.3 is 15.4 Å². The van der Waals surface area contributed by atoms with Crippen molar-refractivity contribution in [2.75, 3.05) is 11.4 Å². The van der Waals surface area contributed by atoms with Crippen LogP contribution in [0.2, 0.25) is 0 Å². The molecule has 0 saturated heterocycles. The summed E-state index contributed by atoms with van der Waals surface area (Å²) in [6.07, 6.45) is 0.723. The second-order valence-electron chi connectivity index (χ2n) is 3.18. The number of nitrogens with two attached hydrogens (primary N) is 1. The Hall–Kier alpha value is -1.68. The molecule has 0 aliphatic heterocycles. The highest BCUT2D eigenvalue weighted by Crippen LogP contribution is 2.15. The van der Waals surface area contributed by atoms with E-state index in [4.69, 9.17) is 5.73 Å². The number of amides is 1. The molecule has 1 aromatic carbocycles. The Morgan fingerprint density at radius 3 is 2.53 bits per heavy atom. The molecule has 0 aliphatic rings. The molecular weight excluding hydrogens is 192 g/mol. The first-order valence-electron chi connectivity index (χ1n) is 4.73. The molecule has 1 rings (SSSR count). The molecule has 2 N–H and O–H groups in total. The summed E-state index contributed by atoms with van der Waals surface area (Å²) in [4.78, 5) is 23.7. The molecule has 0 saturated carbocycles. The average molecular weight is 206 g/mol. The number of hydrogen-bond donors (Lipinski definition) is 1. The minimum absolute atomic E-state index is 0.104. The Morgan fingerprint density at radius 2 is 2.07 bits per heavy atom. The molecule has 0 aliphatic carbocycles. The number of rotatable bonds is 4. The fourth-order valence-corrected chi connectivity index (χ4v) is 1.35. The zero-order valence-corrected chi connectivity index (χ0v) is 8.59. The fraction of sp³-hybridized carbons (Fsp3) is 0.273. The molecule has 0 spiro atoms. The normalized spacial score (nSPS) is 11.9. The van der Waals surface area contributed by atoms with Crippen LogP contribution >= 0.6 is 0 Å². The monoisotopic (exact) mass is 206 g/mol. The number of para-hydroxylation sites is 1. The number of anilines is 1. The third kappa shape index (κ3) is 2.63. The SMILES string of the molecule is C[C@H](C=O)N(C(=O)CN)c1ccccc1. The molecule has 0 bridgehead atoms. The molecule has 0 aromatic heterocycles. The lowest BCUT2D eigenvalue weighted by Crippen LogP contribution is -2.43. The maximum absolute atomic E-state index is 11.6. The van der Waals surface area contributed by atoms with Gasteiger partial charge in [-0.05, 0) is 19.1 Å². The lowest BCUT2D eigenvalue weighted by Gasteiger charge is -2.25. The standard InChI is InChI=1S/C11H14N2O2/c1-9(8-14)13(11(15)7-12)10-5-3-2-4-6-10/h2-6,8-9H,7,12H2,1H3/t9-/m1/s1. The summed E-state index contributed by atoms with van der Waals surface area (Å²) in [5.74, 6) is -0.263. The summed E-state index contributed by atoms with van der Waals surface area (Å²) in [5.41, 5.74) is 5.98. The van der Waals surface area contributed by atoms with Gasteiger partial charge in [0.05, 0.1) is 12.6 Å². The van der Waals surface area contributed by atoms with Crippen molar-refractivity contribution < 1.29 is 9.59 Å². The van der Waals surface area contributed by atoms with E-state index in [2.05, 4.69) is 0 Å². The highest BCUT2D eigenvalue weighted by atomic mass is 16.2. The lowest BCUT2D eigenvalue weighted by molar-refractivity contribution is -0.119. The minimum atomic E-state index is -0.497. The average Bonchev–Trinajstić information content (AvgIpc) is 2.30. The van der Waals surface area contributed by atoms with Crippen LogP contribution in [0.15, 0.2) is 30.3 Å². The van der Waals surface area contributed by atoms with Crippen LogP contribution in [0.3, 0.4) is 0 Å². The molecule has 1 atom stereocenters. The van der Waals surface area contributed by atoms with Crippen molar-refractivity contribution in [3.8, 4) is 0 Å². The third-order valence-electron chi connectivity index (χ3n) is 2.08. The van der Waals surface area contributed by atoms with E-state index in [1.807, 2.05) is 18.2 Å². The van der Waals surface area contributed by atoms with Crippen LogP contribution in [0.1, 0.15) is 6.92 Å². The van der Waals surface area contributed by atoms with Crippen LogP contribution in [-0.4, -0.2) is 24.8 Å². The second kappa shape index (κ2) is 5.26. The van der Waals surface area contributed by atoms with Crippen molar-refractivity contribution in [2.24, 2.45) is 5.73 Å². The van der Waals surface area contributed by atoms with E-state index in [1.54, 1.807) is 19.1 Å². The van der Waals surface area contributed by atoms with Gasteiger partial charge in [0.25, 0.3) is 0 Å². The first kappa shape index (κ1) is 11.4. The van der Waals surface area contributed by atoms with Gasteiger partial charge in [-0.2, -0.15) is 0 Å². The first-order chi connectivity index (χ1) is 7.20. The molecule has 0 fully saturated rings. The zero-order valence-electron chi connectivity index (χ0n) is 8.59. The summed E-state index contributed by atoms with van der Waals surface area (Å²) in [6, 6.07) is 8.51. The van der Waals surface area contributed by atoms with Crippen molar-refractivity contribution >= 4 is 17.9 Å². The van der Waals surface area contributed by atoms with Gasteiger partial charge in [-0.3, -0.25) is 4.79 Å². The fourth-order valence-electron chi connectivity index (χ4n) is 1.35. The van der Waals surface area contributed by atoms with Crippen LogP contribution in [-0.2, 0) is 9.59 Å². The number of aldehydes is 1. The zero-order chi connectivity index (χ0) is 11.3. The van der Waals surface area contributed by atoms with Gasteiger partial charge in [-0.25, -0.2) is 0 Å². The van der Waals surface area contributed by atoms with E-state index in [0.717, 1.165) is 6.29 Å². The number of nitrogens with zero attached hydrogens (tertiary/aromatic N) is 1. The maximum atomic E-state index is 11.6. The van der Waals surface area contributed by atoms with Gasteiger partial charge in [0.15, 0.2) is 0 Å². The van der Waals surface area contributed by atoms with Crippen LogP contribution in [0, 0.1) is 0 Å². The van der Waals surface area contributed by atoms with Crippen molar-refractivity contribution in [1.82, 2.24) is 0 Å². The summed E-state index contributed by atoms with van der Waals surface area (Å²) in [6.45, 7) is 1.56. The van der Waals surface area contributed by atoms with E-state index in [9.17, 15) is 9.59 Å². The van der Waals surface area contributed by atoms with E-state index < -0.39 is 6.04 Å². The third-order valence-corrected chi connectivity index (χ3v) is 2.08. The van der Waals surface area contributed by atoms with E-state index in [0.29, 0.717) is 5.69 Å². The van der Waals surface area contributed by atoms with E-state index >= 15 is 0 Å². The Balaban J connectivity index is 3.01. The van der Waals surface area contributed by atoms with Gasteiger partial charge in [-0.1, -0.05) is 18.2 Å². The Morgan fingerprint density at radius 1 is 1.47 bits per heavy atom. The molecule has 1 amide bonds. The van der Waals surface area contributed by atoms with E-state index in [-0.39, 0.29) is 12.5 Å². The van der Waals surface area contributed by atoms with Crippen LogP contribution in [0.5, 0.6) is 0 Å². The minimum Gasteiger partial charge on any atom is -0.322 e. The number of benzene rings is 1. The van der Waals surface area contributed by atoms with Gasteiger partial charge in [0, 0.05) is 5.69 Å². The van der Waals surface area contributed by atoms with Gasteiger partial charge in [0.1, 0.15) is 6.29 Å². The van der Waals surface area contributed by atoms with Crippen LogP contribution in [0.4, 0.5) is 5.69 Å². The van der Waals surface area contributed by atoms with Gasteiger partial charge >= 0.3 is 0 Å². The topological polar surface area (TPSA) is 63.4 Å². The predicted molar refractivity (Wildman–Crippen MR) is 58.5 cm³/mol. The van der Waals surface area contributed by atoms with Crippen molar-refractivity contribution in [2.45, 2.75) is 13.0 Å². The summed E-state index contributed by atoms with van der Waals surface area (Å²) >= 11 is 0. The molecule has 1 aromatic rings. The molecule has 80 valence electrons. The number of carbonyl (C=O) groups excluding carboxylic acids is 2. The van der Waals surface area contributed by atoms with Crippen LogP contribution in [0.25, 0.3) is 0 Å². The lowest BCUT2D eigenvalue weighted by atomic mass is 10.2. The highest BCUT2D eigenvalue weighted by Gasteiger charge is 2.19. The summed E-state index contributed by atoms with van der Waals surface area (Å²) in [7, 11) is 0. The summed E-state index contributed by atoms with van der Waals surface area (Å²) < 4.78 is 0. The highest BCUT2D eigenvalue weighted by molar-refractivity contribution is 5.98. The molecule has 15 heavy (non-hydrogen) atoms. The van der Waals surface area contributed by atoms with Crippen molar-refractivity contribution in [3.05, 3.63) is 30.3 Å². The van der Waals surface area contributed by atoms with Crippen molar-refractivity contribution in [3.63, 3.8) is 0 Å². The van der Waals surface area contributed by atoms with Crippen LogP contribution < -0.4 is 10.6 Å². The Labute approximate surface area is 88.7 Å². The quantitative estimate of drug-likeness (QED) is 0.732. The second-order valence-corrected chi connectivity index (χ2v) is 3.18. The number of carbonyl (C=O) groups is 2.